The number of likely N-dealkylation sites (N-methyl/N-ethyl adjacent to an activating group) is 1. The largest absolute Gasteiger partial charge is 0.354 e. The third kappa shape index (κ3) is 5.25. The topological polar surface area (TPSA) is 44.6 Å². The first-order valence-electron chi connectivity index (χ1n) is 12.5. The molecule has 1 aliphatic rings. The molecule has 0 amide bonds. The minimum atomic E-state index is -0.139. The van der Waals surface area contributed by atoms with Gasteiger partial charge in [-0.25, -0.2) is 4.98 Å². The zero-order valence-electron chi connectivity index (χ0n) is 21.4. The number of hydrogen-bond acceptors (Lipinski definition) is 5. The molecule has 37 heavy (non-hydrogen) atoms. The van der Waals surface area contributed by atoms with E-state index in [-0.39, 0.29) is 5.56 Å². The second kappa shape index (κ2) is 10.8. The van der Waals surface area contributed by atoms with Crippen molar-refractivity contribution < 1.29 is 0 Å². The lowest BCUT2D eigenvalue weighted by Gasteiger charge is -2.36. The molecule has 0 spiro atoms. The molecule has 0 atom stereocenters. The Morgan fingerprint density at radius 1 is 0.919 bits per heavy atom. The monoisotopic (exact) mass is 535 g/mol. The first-order chi connectivity index (χ1) is 17.8. The van der Waals surface area contributed by atoms with Crippen LogP contribution in [0.15, 0.2) is 65.5 Å². The summed E-state index contributed by atoms with van der Waals surface area (Å²) in [5.74, 6) is 0.832. The van der Waals surface area contributed by atoms with Crippen molar-refractivity contribution in [2.45, 2.75) is 6.92 Å². The highest BCUT2D eigenvalue weighted by molar-refractivity contribution is 6.33. The number of aryl methyl sites for hydroxylation is 1. The number of aromatic nitrogens is 2. The molecule has 1 saturated heterocycles. The molecule has 0 bridgehead atoms. The van der Waals surface area contributed by atoms with Gasteiger partial charge in [0.2, 0.25) is 0 Å². The lowest BCUT2D eigenvalue weighted by molar-refractivity contribution is 0.229. The van der Waals surface area contributed by atoms with E-state index in [0.717, 1.165) is 72.8 Å². The number of benzene rings is 2. The van der Waals surface area contributed by atoms with Crippen LogP contribution in [-0.4, -0.2) is 72.7 Å². The predicted molar refractivity (Wildman–Crippen MR) is 155 cm³/mol. The Balaban J connectivity index is 1.68. The van der Waals surface area contributed by atoms with Gasteiger partial charge in [0.1, 0.15) is 5.82 Å². The van der Waals surface area contributed by atoms with Crippen LogP contribution in [0.1, 0.15) is 5.56 Å². The average molecular weight is 537 g/mol. The van der Waals surface area contributed by atoms with Crippen LogP contribution in [-0.2, 0) is 0 Å². The van der Waals surface area contributed by atoms with E-state index in [1.807, 2.05) is 61.5 Å². The molecule has 2 aromatic heterocycles. The van der Waals surface area contributed by atoms with Crippen molar-refractivity contribution in [3.05, 3.63) is 86.6 Å². The highest BCUT2D eigenvalue weighted by Gasteiger charge is 2.22. The molecule has 8 heteroatoms. The van der Waals surface area contributed by atoms with E-state index < -0.39 is 0 Å². The summed E-state index contributed by atoms with van der Waals surface area (Å²) in [6.45, 7) is 7.68. The normalized spacial score (nSPS) is 14.6. The number of nitrogens with zero attached hydrogens (tertiary/aromatic N) is 5. The average Bonchev–Trinajstić information content (AvgIpc) is 2.88. The Kier molecular flexibility index (Phi) is 7.54. The lowest BCUT2D eigenvalue weighted by Crippen LogP contribution is -2.48. The van der Waals surface area contributed by atoms with E-state index in [4.69, 9.17) is 28.2 Å². The van der Waals surface area contributed by atoms with Crippen LogP contribution in [0, 0.1) is 6.92 Å². The zero-order valence-corrected chi connectivity index (χ0v) is 22.9. The van der Waals surface area contributed by atoms with Crippen molar-refractivity contribution in [3.63, 3.8) is 0 Å². The molecule has 0 aliphatic carbocycles. The Morgan fingerprint density at radius 3 is 2.35 bits per heavy atom. The summed E-state index contributed by atoms with van der Waals surface area (Å²) in [7, 11) is 4.21. The van der Waals surface area contributed by atoms with Gasteiger partial charge in [0, 0.05) is 67.4 Å². The Labute approximate surface area is 227 Å². The number of anilines is 1. The van der Waals surface area contributed by atoms with Gasteiger partial charge < -0.3 is 9.80 Å². The molecular weight excluding hydrogens is 505 g/mol. The Hall–Kier alpha value is -2.90. The molecule has 0 N–H and O–H groups in total. The van der Waals surface area contributed by atoms with Crippen LogP contribution >= 0.6 is 23.2 Å². The fourth-order valence-corrected chi connectivity index (χ4v) is 5.46. The molecule has 0 unspecified atom stereocenters. The van der Waals surface area contributed by atoms with Crippen LogP contribution in [0.2, 0.25) is 10.0 Å². The van der Waals surface area contributed by atoms with E-state index in [1.54, 1.807) is 10.6 Å². The van der Waals surface area contributed by atoms with Crippen LogP contribution < -0.4 is 10.5 Å². The molecule has 0 radical (unpaired) electrons. The number of halogens is 2. The standard InChI is InChI=1S/C29H31Cl2N5O/c1-20-7-6-10-24(31)29(20)36-25-19-26(35-17-15-34(16-18-35)14-13-33(2)3)32-28(22(25)11-12-27(36)37)21-8-4-5-9-23(21)30/h4-12,19H,13-18H2,1-3H3. The quantitative estimate of drug-likeness (QED) is 0.333. The first kappa shape index (κ1) is 25.7. The summed E-state index contributed by atoms with van der Waals surface area (Å²) >= 11 is 13.3. The second-order valence-corrected chi connectivity index (χ2v) is 10.6. The summed E-state index contributed by atoms with van der Waals surface area (Å²) in [5.41, 5.74) is 3.83. The molecule has 4 aromatic rings. The maximum atomic E-state index is 13.3. The number of hydrogen-bond donors (Lipinski definition) is 0. The number of rotatable bonds is 6. The second-order valence-electron chi connectivity index (χ2n) is 9.79. The van der Waals surface area contributed by atoms with Gasteiger partial charge in [-0.2, -0.15) is 0 Å². The molecule has 192 valence electrons. The van der Waals surface area contributed by atoms with Gasteiger partial charge in [-0.15, -0.1) is 0 Å². The molecule has 1 aliphatic heterocycles. The number of piperazine rings is 1. The third-order valence-corrected chi connectivity index (χ3v) is 7.61. The van der Waals surface area contributed by atoms with Crippen molar-refractivity contribution in [2.24, 2.45) is 0 Å². The minimum Gasteiger partial charge on any atom is -0.354 e. The fraction of sp³-hybridized carbons (Fsp3) is 0.310. The van der Waals surface area contributed by atoms with E-state index in [2.05, 4.69) is 28.8 Å². The van der Waals surface area contributed by atoms with Crippen molar-refractivity contribution in [2.75, 3.05) is 58.3 Å². The van der Waals surface area contributed by atoms with E-state index in [1.165, 1.54) is 0 Å². The highest BCUT2D eigenvalue weighted by Crippen LogP contribution is 2.36. The summed E-state index contributed by atoms with van der Waals surface area (Å²) in [5, 5.41) is 2.00. The Bertz CT molecular complexity index is 1470. The van der Waals surface area contributed by atoms with Gasteiger partial charge in [0.25, 0.3) is 5.56 Å². The van der Waals surface area contributed by atoms with Crippen LogP contribution in [0.4, 0.5) is 5.82 Å². The van der Waals surface area contributed by atoms with Crippen molar-refractivity contribution in [1.82, 2.24) is 19.4 Å². The van der Waals surface area contributed by atoms with Crippen LogP contribution in [0.3, 0.4) is 0 Å². The van der Waals surface area contributed by atoms with Crippen molar-refractivity contribution in [3.8, 4) is 16.9 Å². The molecular formula is C29H31Cl2N5O. The Morgan fingerprint density at radius 2 is 1.65 bits per heavy atom. The van der Waals surface area contributed by atoms with Gasteiger partial charge in [0.05, 0.1) is 21.9 Å². The number of para-hydroxylation sites is 1. The van der Waals surface area contributed by atoms with Crippen LogP contribution in [0.25, 0.3) is 27.8 Å². The molecule has 5 rings (SSSR count). The number of pyridine rings is 2. The smallest absolute Gasteiger partial charge is 0.255 e. The lowest BCUT2D eigenvalue weighted by atomic mass is 10.0. The third-order valence-electron chi connectivity index (χ3n) is 6.98. The molecule has 2 aromatic carbocycles. The van der Waals surface area contributed by atoms with Crippen molar-refractivity contribution >= 4 is 39.9 Å². The van der Waals surface area contributed by atoms with E-state index in [0.29, 0.717) is 15.7 Å². The molecule has 3 heterocycles. The van der Waals surface area contributed by atoms with Gasteiger partial charge in [-0.1, -0.05) is 53.5 Å². The minimum absolute atomic E-state index is 0.139. The van der Waals surface area contributed by atoms with Gasteiger partial charge in [-0.05, 0) is 44.8 Å². The molecule has 0 saturated carbocycles. The van der Waals surface area contributed by atoms with Gasteiger partial charge in [-0.3, -0.25) is 14.3 Å². The predicted octanol–water partition coefficient (Wildman–Crippen LogP) is 5.35. The van der Waals surface area contributed by atoms with Crippen LogP contribution in [0.5, 0.6) is 0 Å². The molecule has 1 fully saturated rings. The number of fused-ring (bicyclic) bond motifs is 1. The first-order valence-corrected chi connectivity index (χ1v) is 13.3. The fourth-order valence-electron chi connectivity index (χ4n) is 4.93. The SMILES string of the molecule is Cc1cccc(Cl)c1-n1c(=O)ccc2c(-c3ccccc3Cl)nc(N3CCN(CCN(C)C)CC3)cc21. The summed E-state index contributed by atoms with van der Waals surface area (Å²) in [4.78, 5) is 25.5. The summed E-state index contributed by atoms with van der Waals surface area (Å²) < 4.78 is 1.71. The van der Waals surface area contributed by atoms with E-state index in [9.17, 15) is 4.79 Å². The molecule has 6 nitrogen and oxygen atoms in total. The van der Waals surface area contributed by atoms with E-state index >= 15 is 0 Å². The van der Waals surface area contributed by atoms with Crippen molar-refractivity contribution in [1.29, 1.82) is 0 Å². The van der Waals surface area contributed by atoms with Gasteiger partial charge in [0.15, 0.2) is 0 Å². The highest BCUT2D eigenvalue weighted by atomic mass is 35.5. The van der Waals surface area contributed by atoms with Gasteiger partial charge >= 0.3 is 0 Å². The summed E-state index contributed by atoms with van der Waals surface area (Å²) in [6, 6.07) is 18.8. The summed E-state index contributed by atoms with van der Waals surface area (Å²) in [6.07, 6.45) is 0. The maximum Gasteiger partial charge on any atom is 0.255 e. The zero-order chi connectivity index (χ0) is 26.1. The maximum absolute atomic E-state index is 13.3.